The molecule has 2 aromatic carbocycles. The minimum absolute atomic E-state index is 0.0769. The summed E-state index contributed by atoms with van der Waals surface area (Å²) >= 11 is 0. The molecule has 0 radical (unpaired) electrons. The van der Waals surface area contributed by atoms with Crippen LogP contribution in [0.15, 0.2) is 48.5 Å². The molecular weight excluding hydrogens is 436 g/mol. The predicted molar refractivity (Wildman–Crippen MR) is 114 cm³/mol. The van der Waals surface area contributed by atoms with Crippen molar-refractivity contribution in [3.63, 3.8) is 0 Å². The first-order valence-corrected chi connectivity index (χ1v) is 9.86. The van der Waals surface area contributed by atoms with Gasteiger partial charge in [0.2, 0.25) is 5.88 Å². The third-order valence-corrected chi connectivity index (χ3v) is 4.92. The highest BCUT2D eigenvalue weighted by molar-refractivity contribution is 5.98. The third-order valence-electron chi connectivity index (χ3n) is 4.92. The molecule has 0 saturated heterocycles. The van der Waals surface area contributed by atoms with Gasteiger partial charge in [0.25, 0.3) is 12.3 Å². The fourth-order valence-electron chi connectivity index (χ4n) is 3.17. The summed E-state index contributed by atoms with van der Waals surface area (Å²) in [5, 5.41) is 15.4. The summed E-state index contributed by atoms with van der Waals surface area (Å²) in [6.07, 6.45) is -3.04. The van der Waals surface area contributed by atoms with E-state index in [1.54, 1.807) is 19.1 Å². The minimum Gasteiger partial charge on any atom is -0.478 e. The van der Waals surface area contributed by atoms with Gasteiger partial charge in [0.15, 0.2) is 5.78 Å². The molecule has 0 spiro atoms. The number of halogens is 2. The number of carbonyl (C=O) groups excluding carboxylic acids is 2. The van der Waals surface area contributed by atoms with E-state index in [0.29, 0.717) is 11.1 Å². The summed E-state index contributed by atoms with van der Waals surface area (Å²) in [6, 6.07) is 11.3. The number of rotatable bonds is 8. The number of hydrogen-bond acceptors (Lipinski definition) is 5. The molecule has 0 aliphatic rings. The molecule has 1 heterocycles. The second-order valence-corrected chi connectivity index (χ2v) is 7.30. The number of ketones is 1. The standard InChI is InChI=1S/C23H21F2N3O5/c1-12(14-7-9-15(10-8-14)23(31)32)26-21(30)18-19(20(24)25)27-28(3)22(18)33-17-6-4-5-16(11-17)13(2)29/h4-12,20H,1-3H3,(H,26,30)(H,31,32)/t12-/m0/s1. The SMILES string of the molecule is CC(=O)c1cccc(Oc2c(C(=O)N[C@@H](C)c3ccc(C(=O)O)cc3)c(C(F)F)nn2C)c1. The van der Waals surface area contributed by atoms with Crippen molar-refractivity contribution in [3.8, 4) is 11.6 Å². The van der Waals surface area contributed by atoms with E-state index in [0.717, 1.165) is 4.68 Å². The number of carboxylic acid groups (broad SMARTS) is 1. The second-order valence-electron chi connectivity index (χ2n) is 7.30. The maximum Gasteiger partial charge on any atom is 0.335 e. The van der Waals surface area contributed by atoms with Crippen LogP contribution in [0.1, 0.15) is 68.6 Å². The van der Waals surface area contributed by atoms with Crippen LogP contribution in [-0.4, -0.2) is 32.5 Å². The first kappa shape index (κ1) is 23.6. The van der Waals surface area contributed by atoms with Crippen LogP contribution in [0, 0.1) is 0 Å². The van der Waals surface area contributed by atoms with E-state index in [4.69, 9.17) is 9.84 Å². The molecule has 1 atom stereocenters. The number of nitrogens with zero attached hydrogens (tertiary/aromatic N) is 2. The van der Waals surface area contributed by atoms with E-state index >= 15 is 0 Å². The van der Waals surface area contributed by atoms with E-state index in [1.165, 1.54) is 50.4 Å². The molecule has 33 heavy (non-hydrogen) atoms. The molecule has 0 saturated carbocycles. The number of aryl methyl sites for hydroxylation is 1. The number of amides is 1. The van der Waals surface area contributed by atoms with Gasteiger partial charge in [-0.25, -0.2) is 18.3 Å². The van der Waals surface area contributed by atoms with Gasteiger partial charge in [-0.15, -0.1) is 0 Å². The number of nitrogens with one attached hydrogen (secondary N) is 1. The van der Waals surface area contributed by atoms with Gasteiger partial charge in [-0.2, -0.15) is 5.10 Å². The lowest BCUT2D eigenvalue weighted by atomic mass is 10.1. The Bertz CT molecular complexity index is 1210. The molecule has 8 nitrogen and oxygen atoms in total. The van der Waals surface area contributed by atoms with Gasteiger partial charge in [0.05, 0.1) is 11.6 Å². The Morgan fingerprint density at radius 3 is 2.33 bits per heavy atom. The van der Waals surface area contributed by atoms with Crippen LogP contribution in [0.25, 0.3) is 0 Å². The Morgan fingerprint density at radius 2 is 1.76 bits per heavy atom. The fourth-order valence-corrected chi connectivity index (χ4v) is 3.17. The zero-order valence-corrected chi connectivity index (χ0v) is 18.0. The number of ether oxygens (including phenoxy) is 1. The van der Waals surface area contributed by atoms with Gasteiger partial charge in [-0.1, -0.05) is 24.3 Å². The summed E-state index contributed by atoms with van der Waals surface area (Å²) in [7, 11) is 1.36. The maximum atomic E-state index is 13.7. The summed E-state index contributed by atoms with van der Waals surface area (Å²) in [5.74, 6) is -2.18. The number of hydrogen-bond donors (Lipinski definition) is 2. The number of Topliss-reactive ketones (excluding diaryl/α,β-unsaturated/α-hetero) is 1. The molecule has 3 aromatic rings. The van der Waals surface area contributed by atoms with Gasteiger partial charge >= 0.3 is 5.97 Å². The van der Waals surface area contributed by atoms with Crippen molar-refractivity contribution in [2.75, 3.05) is 0 Å². The third kappa shape index (κ3) is 5.22. The number of carbonyl (C=O) groups is 3. The molecule has 0 unspecified atom stereocenters. The lowest BCUT2D eigenvalue weighted by Gasteiger charge is -2.16. The molecule has 3 rings (SSSR count). The van der Waals surface area contributed by atoms with E-state index in [2.05, 4.69) is 10.4 Å². The number of aromatic carboxylic acids is 1. The van der Waals surface area contributed by atoms with Gasteiger partial charge in [0.1, 0.15) is 17.0 Å². The van der Waals surface area contributed by atoms with E-state index in [9.17, 15) is 23.2 Å². The summed E-state index contributed by atoms with van der Waals surface area (Å²) < 4.78 is 34.0. The van der Waals surface area contributed by atoms with Crippen LogP contribution < -0.4 is 10.1 Å². The smallest absolute Gasteiger partial charge is 0.335 e. The Kier molecular flexibility index (Phi) is 6.86. The van der Waals surface area contributed by atoms with Crippen molar-refractivity contribution in [3.05, 3.63) is 76.5 Å². The first-order valence-electron chi connectivity index (χ1n) is 9.86. The van der Waals surface area contributed by atoms with Gasteiger partial charge < -0.3 is 15.2 Å². The van der Waals surface area contributed by atoms with Crippen molar-refractivity contribution in [2.24, 2.45) is 7.05 Å². The highest BCUT2D eigenvalue weighted by atomic mass is 19.3. The lowest BCUT2D eigenvalue weighted by molar-refractivity contribution is 0.0696. The van der Waals surface area contributed by atoms with Crippen molar-refractivity contribution in [2.45, 2.75) is 26.3 Å². The Morgan fingerprint density at radius 1 is 1.09 bits per heavy atom. The largest absolute Gasteiger partial charge is 0.478 e. The van der Waals surface area contributed by atoms with Crippen LogP contribution in [0.5, 0.6) is 11.6 Å². The highest BCUT2D eigenvalue weighted by Crippen LogP contribution is 2.33. The van der Waals surface area contributed by atoms with Crippen molar-refractivity contribution < 1.29 is 33.0 Å². The molecule has 0 bridgehead atoms. The quantitative estimate of drug-likeness (QED) is 0.481. The molecule has 172 valence electrons. The van der Waals surface area contributed by atoms with Gasteiger partial charge in [-0.05, 0) is 43.7 Å². The summed E-state index contributed by atoms with van der Waals surface area (Å²) in [4.78, 5) is 35.6. The van der Waals surface area contributed by atoms with Gasteiger partial charge in [0, 0.05) is 12.6 Å². The average molecular weight is 457 g/mol. The van der Waals surface area contributed by atoms with Crippen LogP contribution in [-0.2, 0) is 7.05 Å². The van der Waals surface area contributed by atoms with Crippen LogP contribution >= 0.6 is 0 Å². The molecule has 1 aromatic heterocycles. The zero-order chi connectivity index (χ0) is 24.3. The number of carboxylic acids is 1. The maximum absolute atomic E-state index is 13.7. The van der Waals surface area contributed by atoms with Crippen molar-refractivity contribution >= 4 is 17.7 Å². The highest BCUT2D eigenvalue weighted by Gasteiger charge is 2.30. The molecule has 2 N–H and O–H groups in total. The lowest BCUT2D eigenvalue weighted by Crippen LogP contribution is -2.27. The van der Waals surface area contributed by atoms with Crippen LogP contribution in [0.2, 0.25) is 0 Å². The number of benzene rings is 2. The monoisotopic (exact) mass is 457 g/mol. The Balaban J connectivity index is 1.92. The zero-order valence-electron chi connectivity index (χ0n) is 18.0. The predicted octanol–water partition coefficient (Wildman–Crippen LogP) is 4.54. The van der Waals surface area contributed by atoms with E-state index in [1.807, 2.05) is 0 Å². The van der Waals surface area contributed by atoms with E-state index in [-0.39, 0.29) is 23.0 Å². The van der Waals surface area contributed by atoms with Crippen molar-refractivity contribution in [1.29, 1.82) is 0 Å². The molecule has 0 aliphatic carbocycles. The minimum atomic E-state index is -3.04. The molecular formula is C23H21F2N3O5. The Labute approximate surface area is 187 Å². The van der Waals surface area contributed by atoms with Crippen LogP contribution in [0.4, 0.5) is 8.78 Å². The Hall–Kier alpha value is -4.08. The molecule has 0 fully saturated rings. The average Bonchev–Trinajstić information content (AvgIpc) is 3.10. The normalized spacial score (nSPS) is 11.8. The molecule has 1 amide bonds. The summed E-state index contributed by atoms with van der Waals surface area (Å²) in [5.41, 5.74) is -0.176. The van der Waals surface area contributed by atoms with Crippen LogP contribution in [0.3, 0.4) is 0 Å². The summed E-state index contributed by atoms with van der Waals surface area (Å²) in [6.45, 7) is 3.00. The number of alkyl halides is 2. The van der Waals surface area contributed by atoms with Crippen molar-refractivity contribution in [1.82, 2.24) is 15.1 Å². The topological polar surface area (TPSA) is 111 Å². The van der Waals surface area contributed by atoms with Gasteiger partial charge in [-0.3, -0.25) is 9.59 Å². The van der Waals surface area contributed by atoms with E-state index < -0.39 is 35.6 Å². The molecule has 0 aliphatic heterocycles. The molecule has 10 heteroatoms. The second kappa shape index (κ2) is 9.60. The first-order chi connectivity index (χ1) is 15.6. The fraction of sp³-hybridized carbons (Fsp3) is 0.217. The number of aromatic nitrogens is 2.